The Morgan fingerprint density at radius 1 is 0.929 bits per heavy atom. The molecular weight excluding hydrogens is 379 g/mol. The van der Waals surface area contributed by atoms with E-state index >= 15 is 0 Å². The van der Waals surface area contributed by atoms with Gasteiger partial charge >= 0.3 is 0 Å². The molecule has 1 N–H and O–H groups in total. The smallest absolute Gasteiger partial charge is 0.264 e. The molecule has 0 unspecified atom stereocenters. The molecule has 0 fully saturated rings. The van der Waals surface area contributed by atoms with Crippen LogP contribution in [0.25, 0.3) is 0 Å². The van der Waals surface area contributed by atoms with Crippen molar-refractivity contribution in [3.63, 3.8) is 0 Å². The molecule has 0 aliphatic rings. The van der Waals surface area contributed by atoms with E-state index in [-0.39, 0.29) is 10.6 Å². The van der Waals surface area contributed by atoms with Gasteiger partial charge < -0.3 is 5.32 Å². The zero-order valence-electron chi connectivity index (χ0n) is 15.2. The summed E-state index contributed by atoms with van der Waals surface area (Å²) in [6.07, 6.45) is 0. The third-order valence-electron chi connectivity index (χ3n) is 4.07. The number of benzene rings is 3. The predicted molar refractivity (Wildman–Crippen MR) is 107 cm³/mol. The van der Waals surface area contributed by atoms with Crippen LogP contribution in [0, 0.1) is 12.7 Å². The summed E-state index contributed by atoms with van der Waals surface area (Å²) in [6.45, 7) is 1.40. The van der Waals surface area contributed by atoms with Gasteiger partial charge in [0.2, 0.25) is 5.91 Å². The van der Waals surface area contributed by atoms with Crippen LogP contribution in [0.5, 0.6) is 0 Å². The minimum atomic E-state index is -4.02. The van der Waals surface area contributed by atoms with Gasteiger partial charge in [0, 0.05) is 5.69 Å². The van der Waals surface area contributed by atoms with E-state index in [9.17, 15) is 17.6 Å². The summed E-state index contributed by atoms with van der Waals surface area (Å²) >= 11 is 0. The van der Waals surface area contributed by atoms with Gasteiger partial charge in [-0.3, -0.25) is 9.10 Å². The molecule has 0 aliphatic heterocycles. The molecule has 0 radical (unpaired) electrons. The first-order valence-electron chi connectivity index (χ1n) is 8.56. The summed E-state index contributed by atoms with van der Waals surface area (Å²) in [5, 5.41) is 2.67. The first-order chi connectivity index (χ1) is 13.4. The van der Waals surface area contributed by atoms with E-state index in [0.717, 1.165) is 22.0 Å². The van der Waals surface area contributed by atoms with E-state index in [1.807, 2.05) is 13.0 Å². The third kappa shape index (κ3) is 4.55. The highest BCUT2D eigenvalue weighted by Gasteiger charge is 2.27. The normalized spacial score (nSPS) is 11.1. The lowest BCUT2D eigenvalue weighted by Crippen LogP contribution is -2.38. The summed E-state index contributed by atoms with van der Waals surface area (Å²) in [5.41, 5.74) is 1.67. The van der Waals surface area contributed by atoms with Crippen molar-refractivity contribution in [1.29, 1.82) is 0 Å². The monoisotopic (exact) mass is 398 g/mol. The lowest BCUT2D eigenvalue weighted by Gasteiger charge is -2.24. The number of nitrogens with one attached hydrogen (secondary N) is 1. The molecule has 0 aliphatic carbocycles. The van der Waals surface area contributed by atoms with Gasteiger partial charge in [0.1, 0.15) is 12.4 Å². The number of rotatable bonds is 6. The highest BCUT2D eigenvalue weighted by Crippen LogP contribution is 2.24. The minimum Gasteiger partial charge on any atom is -0.325 e. The first-order valence-corrected chi connectivity index (χ1v) is 10.0. The van der Waals surface area contributed by atoms with Crippen molar-refractivity contribution in [1.82, 2.24) is 0 Å². The van der Waals surface area contributed by atoms with Crippen LogP contribution >= 0.6 is 0 Å². The van der Waals surface area contributed by atoms with Gasteiger partial charge in [-0.05, 0) is 55.5 Å². The molecule has 3 aromatic rings. The molecule has 0 atom stereocenters. The van der Waals surface area contributed by atoms with Crippen molar-refractivity contribution >= 4 is 27.3 Å². The van der Waals surface area contributed by atoms with Gasteiger partial charge in [-0.15, -0.1) is 0 Å². The Bertz CT molecular complexity index is 1050. The Morgan fingerprint density at radius 3 is 2.14 bits per heavy atom. The van der Waals surface area contributed by atoms with Crippen LogP contribution in [0.2, 0.25) is 0 Å². The standard InChI is InChI=1S/C21H19FN2O3S/c1-16-7-13-20(14-8-16)28(26,27)24(19-11-9-17(22)10-12-19)15-21(25)23-18-5-3-2-4-6-18/h2-14H,15H2,1H3,(H,23,25). The lowest BCUT2D eigenvalue weighted by atomic mass is 10.2. The second kappa shape index (κ2) is 8.22. The Labute approximate surface area is 163 Å². The molecule has 0 saturated carbocycles. The number of para-hydroxylation sites is 1. The Kier molecular flexibility index (Phi) is 5.75. The highest BCUT2D eigenvalue weighted by atomic mass is 32.2. The number of carbonyl (C=O) groups is 1. The molecule has 0 heterocycles. The quantitative estimate of drug-likeness (QED) is 0.683. The molecule has 3 aromatic carbocycles. The fourth-order valence-corrected chi connectivity index (χ4v) is 4.03. The molecule has 5 nitrogen and oxygen atoms in total. The largest absolute Gasteiger partial charge is 0.325 e. The maximum absolute atomic E-state index is 13.3. The zero-order valence-corrected chi connectivity index (χ0v) is 16.0. The molecule has 0 saturated heterocycles. The van der Waals surface area contributed by atoms with E-state index in [1.54, 1.807) is 36.4 Å². The number of anilines is 2. The molecule has 28 heavy (non-hydrogen) atoms. The second-order valence-corrected chi connectivity index (χ2v) is 8.08. The average molecular weight is 398 g/mol. The summed E-state index contributed by atoms with van der Waals surface area (Å²) in [5.74, 6) is -1.00. The van der Waals surface area contributed by atoms with Gasteiger partial charge in [-0.2, -0.15) is 0 Å². The van der Waals surface area contributed by atoms with Gasteiger partial charge in [0.15, 0.2) is 0 Å². The van der Waals surface area contributed by atoms with E-state index in [0.29, 0.717) is 5.69 Å². The van der Waals surface area contributed by atoms with Crippen molar-refractivity contribution in [3.05, 3.63) is 90.2 Å². The molecule has 1 amide bonds. The molecule has 0 spiro atoms. The van der Waals surface area contributed by atoms with Gasteiger partial charge in [-0.25, -0.2) is 12.8 Å². The van der Waals surface area contributed by atoms with E-state index < -0.39 is 28.3 Å². The van der Waals surface area contributed by atoms with Crippen LogP contribution in [0.15, 0.2) is 83.8 Å². The van der Waals surface area contributed by atoms with Crippen LogP contribution in [0.3, 0.4) is 0 Å². The Balaban J connectivity index is 1.94. The number of hydrogen-bond donors (Lipinski definition) is 1. The van der Waals surface area contributed by atoms with Gasteiger partial charge in [0.05, 0.1) is 10.6 Å². The topological polar surface area (TPSA) is 66.5 Å². The molecule has 0 bridgehead atoms. The summed E-state index contributed by atoms with van der Waals surface area (Å²) in [4.78, 5) is 12.6. The third-order valence-corrected chi connectivity index (χ3v) is 5.86. The molecular formula is C21H19FN2O3S. The fraction of sp³-hybridized carbons (Fsp3) is 0.0952. The molecule has 7 heteroatoms. The molecule has 144 valence electrons. The van der Waals surface area contributed by atoms with Crippen molar-refractivity contribution < 1.29 is 17.6 Å². The van der Waals surface area contributed by atoms with Crippen molar-refractivity contribution in [2.75, 3.05) is 16.2 Å². The van der Waals surface area contributed by atoms with Crippen LogP contribution in [-0.4, -0.2) is 20.9 Å². The number of sulfonamides is 1. The number of hydrogen-bond acceptors (Lipinski definition) is 3. The van der Waals surface area contributed by atoms with Crippen LogP contribution in [-0.2, 0) is 14.8 Å². The maximum Gasteiger partial charge on any atom is 0.264 e. The number of halogens is 1. The summed E-state index contributed by atoms with van der Waals surface area (Å²) in [6, 6.07) is 20.0. The molecule has 0 aromatic heterocycles. The summed E-state index contributed by atoms with van der Waals surface area (Å²) < 4.78 is 40.6. The van der Waals surface area contributed by atoms with Crippen LogP contribution in [0.1, 0.15) is 5.56 Å². The lowest BCUT2D eigenvalue weighted by molar-refractivity contribution is -0.114. The summed E-state index contributed by atoms with van der Waals surface area (Å²) in [7, 11) is -4.02. The number of amides is 1. The van der Waals surface area contributed by atoms with Crippen LogP contribution < -0.4 is 9.62 Å². The Hall–Kier alpha value is -3.19. The number of aryl methyl sites for hydroxylation is 1. The van der Waals surface area contributed by atoms with E-state index in [4.69, 9.17) is 0 Å². The predicted octanol–water partition coefficient (Wildman–Crippen LogP) is 3.97. The second-order valence-electron chi connectivity index (χ2n) is 6.22. The van der Waals surface area contributed by atoms with Crippen LogP contribution in [0.4, 0.5) is 15.8 Å². The SMILES string of the molecule is Cc1ccc(S(=O)(=O)N(CC(=O)Nc2ccccc2)c2ccc(F)cc2)cc1. The number of carbonyl (C=O) groups excluding carboxylic acids is 1. The zero-order chi connectivity index (χ0) is 20.1. The highest BCUT2D eigenvalue weighted by molar-refractivity contribution is 7.92. The fourth-order valence-electron chi connectivity index (χ4n) is 2.61. The minimum absolute atomic E-state index is 0.0509. The van der Waals surface area contributed by atoms with Gasteiger partial charge in [0.25, 0.3) is 10.0 Å². The van der Waals surface area contributed by atoms with E-state index in [2.05, 4.69) is 5.32 Å². The van der Waals surface area contributed by atoms with E-state index in [1.165, 1.54) is 24.3 Å². The first kappa shape index (κ1) is 19.6. The van der Waals surface area contributed by atoms with Crippen molar-refractivity contribution in [3.8, 4) is 0 Å². The Morgan fingerprint density at radius 2 is 1.54 bits per heavy atom. The van der Waals surface area contributed by atoms with Crippen molar-refractivity contribution in [2.24, 2.45) is 0 Å². The van der Waals surface area contributed by atoms with Gasteiger partial charge in [-0.1, -0.05) is 35.9 Å². The molecule has 3 rings (SSSR count). The number of nitrogens with zero attached hydrogens (tertiary/aromatic N) is 1. The maximum atomic E-state index is 13.3. The van der Waals surface area contributed by atoms with Crippen molar-refractivity contribution in [2.45, 2.75) is 11.8 Å². The average Bonchev–Trinajstić information content (AvgIpc) is 2.68.